The Morgan fingerprint density at radius 1 is 1.23 bits per heavy atom. The van der Waals surface area contributed by atoms with Gasteiger partial charge in [0, 0.05) is 41.2 Å². The van der Waals surface area contributed by atoms with E-state index in [0.717, 1.165) is 15.3 Å². The van der Waals surface area contributed by atoms with Gasteiger partial charge in [0.25, 0.3) is 0 Å². The van der Waals surface area contributed by atoms with Crippen LogP contribution in [-0.2, 0) is 9.59 Å². The minimum absolute atomic E-state index is 0.00984. The van der Waals surface area contributed by atoms with Crippen molar-refractivity contribution in [3.63, 3.8) is 0 Å². The van der Waals surface area contributed by atoms with Crippen LogP contribution in [0.15, 0.2) is 6.07 Å². The van der Waals surface area contributed by atoms with E-state index in [9.17, 15) is 14.4 Å². The van der Waals surface area contributed by atoms with Crippen LogP contribution in [-0.4, -0.2) is 40.8 Å². The first-order valence-corrected chi connectivity index (χ1v) is 8.31. The molecule has 0 unspecified atom stereocenters. The molecule has 0 aromatic carbocycles. The number of hydrogen-bond donors (Lipinski definition) is 1. The number of nitrogens with zero attached hydrogens (tertiary/aromatic N) is 1. The molecule has 1 saturated heterocycles. The van der Waals surface area contributed by atoms with E-state index in [4.69, 9.17) is 5.11 Å². The van der Waals surface area contributed by atoms with Crippen LogP contribution in [0.25, 0.3) is 0 Å². The molecule has 0 radical (unpaired) electrons. The number of hydrogen-bond acceptors (Lipinski definition) is 4. The van der Waals surface area contributed by atoms with E-state index in [1.54, 1.807) is 16.2 Å². The van der Waals surface area contributed by atoms with Crippen LogP contribution in [0.4, 0.5) is 0 Å². The monoisotopic (exact) mass is 323 g/mol. The van der Waals surface area contributed by atoms with Gasteiger partial charge in [0.2, 0.25) is 5.91 Å². The number of piperidine rings is 1. The van der Waals surface area contributed by atoms with Gasteiger partial charge in [-0.3, -0.25) is 14.4 Å². The zero-order chi connectivity index (χ0) is 16.3. The molecule has 1 aliphatic heterocycles. The maximum atomic E-state index is 12.2. The fourth-order valence-corrected chi connectivity index (χ4v) is 3.74. The molecule has 0 saturated carbocycles. The lowest BCUT2D eigenvalue weighted by Crippen LogP contribution is -2.40. The Balaban J connectivity index is 1.82. The normalized spacial score (nSPS) is 15.8. The maximum absolute atomic E-state index is 12.2. The first-order valence-electron chi connectivity index (χ1n) is 7.49. The molecule has 0 bridgehead atoms. The van der Waals surface area contributed by atoms with Crippen molar-refractivity contribution in [2.24, 2.45) is 5.92 Å². The second kappa shape index (κ2) is 7.05. The zero-order valence-corrected chi connectivity index (χ0v) is 13.7. The largest absolute Gasteiger partial charge is 0.481 e. The highest BCUT2D eigenvalue weighted by molar-refractivity contribution is 7.12. The second-order valence-electron chi connectivity index (χ2n) is 5.74. The molecule has 0 atom stereocenters. The van der Waals surface area contributed by atoms with Crippen LogP contribution < -0.4 is 0 Å². The fourth-order valence-electron chi connectivity index (χ4n) is 2.80. The number of carboxylic acid groups (broad SMARTS) is 1. The molecule has 2 heterocycles. The maximum Gasteiger partial charge on any atom is 0.306 e. The van der Waals surface area contributed by atoms with Gasteiger partial charge in [0.15, 0.2) is 5.78 Å². The number of likely N-dealkylation sites (tertiary alicyclic amines) is 1. The van der Waals surface area contributed by atoms with Crippen LogP contribution in [0.3, 0.4) is 0 Å². The van der Waals surface area contributed by atoms with Gasteiger partial charge in [0.05, 0.1) is 5.92 Å². The van der Waals surface area contributed by atoms with Crippen LogP contribution in [0, 0.1) is 19.8 Å². The highest BCUT2D eigenvalue weighted by Gasteiger charge is 2.27. The zero-order valence-electron chi connectivity index (χ0n) is 12.9. The highest BCUT2D eigenvalue weighted by Crippen LogP contribution is 2.23. The number of Topliss-reactive ketones (excluding diaryl/α,β-unsaturated/α-hetero) is 1. The van der Waals surface area contributed by atoms with E-state index < -0.39 is 5.97 Å². The van der Waals surface area contributed by atoms with Gasteiger partial charge in [0.1, 0.15) is 0 Å². The van der Waals surface area contributed by atoms with Crippen molar-refractivity contribution in [2.45, 2.75) is 39.5 Å². The molecule has 0 aliphatic carbocycles. The van der Waals surface area contributed by atoms with E-state index in [0.29, 0.717) is 25.9 Å². The molecule has 1 aromatic rings. The molecule has 1 aromatic heterocycles. The van der Waals surface area contributed by atoms with Gasteiger partial charge in [-0.15, -0.1) is 11.3 Å². The number of ketones is 1. The molecule has 2 rings (SSSR count). The molecule has 120 valence electrons. The first kappa shape index (κ1) is 16.7. The SMILES string of the molecule is Cc1cc(C(=O)CCC(=O)N2CCC(C(=O)O)CC2)c(C)s1. The summed E-state index contributed by atoms with van der Waals surface area (Å²) in [7, 11) is 0. The number of aliphatic carboxylic acids is 1. The Kier molecular flexibility index (Phi) is 5.34. The number of carbonyl (C=O) groups excluding carboxylic acids is 2. The molecule has 1 N–H and O–H groups in total. The van der Waals surface area contributed by atoms with Crippen molar-refractivity contribution in [3.8, 4) is 0 Å². The molecule has 1 amide bonds. The Morgan fingerprint density at radius 3 is 2.36 bits per heavy atom. The van der Waals surface area contributed by atoms with Gasteiger partial charge >= 0.3 is 5.97 Å². The van der Waals surface area contributed by atoms with Crippen molar-refractivity contribution in [2.75, 3.05) is 13.1 Å². The summed E-state index contributed by atoms with van der Waals surface area (Å²) in [5.41, 5.74) is 0.722. The molecule has 0 spiro atoms. The van der Waals surface area contributed by atoms with Crippen LogP contribution >= 0.6 is 11.3 Å². The number of aryl methyl sites for hydroxylation is 2. The fraction of sp³-hybridized carbons (Fsp3) is 0.562. The van der Waals surface area contributed by atoms with E-state index in [-0.39, 0.29) is 30.4 Å². The minimum Gasteiger partial charge on any atom is -0.481 e. The van der Waals surface area contributed by atoms with Crippen molar-refractivity contribution >= 4 is 29.0 Å². The number of amides is 1. The lowest BCUT2D eigenvalue weighted by Gasteiger charge is -2.30. The van der Waals surface area contributed by atoms with Gasteiger partial charge in [-0.05, 0) is 32.8 Å². The summed E-state index contributed by atoms with van der Waals surface area (Å²) >= 11 is 1.59. The molecule has 6 heteroatoms. The predicted molar refractivity (Wildman–Crippen MR) is 84.3 cm³/mol. The summed E-state index contributed by atoms with van der Waals surface area (Å²) in [6.45, 7) is 4.83. The van der Waals surface area contributed by atoms with Crippen molar-refractivity contribution in [1.82, 2.24) is 4.90 Å². The quantitative estimate of drug-likeness (QED) is 0.845. The molecular formula is C16H21NO4S. The van der Waals surface area contributed by atoms with E-state index in [1.807, 2.05) is 19.9 Å². The summed E-state index contributed by atoms with van der Waals surface area (Å²) in [6, 6.07) is 1.88. The number of carbonyl (C=O) groups is 3. The third-order valence-electron chi connectivity index (χ3n) is 4.10. The van der Waals surface area contributed by atoms with E-state index in [2.05, 4.69) is 0 Å². The van der Waals surface area contributed by atoms with Crippen LogP contribution in [0.2, 0.25) is 0 Å². The molecule has 1 aliphatic rings. The summed E-state index contributed by atoms with van der Waals surface area (Å²) in [5, 5.41) is 8.95. The van der Waals surface area contributed by atoms with Crippen LogP contribution in [0.1, 0.15) is 45.8 Å². The number of rotatable bonds is 5. The van der Waals surface area contributed by atoms with Crippen molar-refractivity contribution in [3.05, 3.63) is 21.4 Å². The lowest BCUT2D eigenvalue weighted by molar-refractivity contribution is -0.145. The standard InChI is InChI=1S/C16H21NO4S/c1-10-9-13(11(2)22-10)14(18)3-4-15(19)17-7-5-12(6-8-17)16(20)21/h9,12H,3-8H2,1-2H3,(H,20,21). The van der Waals surface area contributed by atoms with Gasteiger partial charge in [-0.2, -0.15) is 0 Å². The Morgan fingerprint density at radius 2 is 1.86 bits per heavy atom. The van der Waals surface area contributed by atoms with E-state index in [1.165, 1.54) is 0 Å². The lowest BCUT2D eigenvalue weighted by atomic mass is 9.96. The molecule has 5 nitrogen and oxygen atoms in total. The van der Waals surface area contributed by atoms with Crippen molar-refractivity contribution < 1.29 is 19.5 Å². The van der Waals surface area contributed by atoms with Gasteiger partial charge in [-0.1, -0.05) is 0 Å². The van der Waals surface area contributed by atoms with Gasteiger partial charge in [-0.25, -0.2) is 0 Å². The molecular weight excluding hydrogens is 302 g/mol. The average Bonchev–Trinajstić information content (AvgIpc) is 2.83. The Labute approximate surface area is 133 Å². The Hall–Kier alpha value is -1.69. The topological polar surface area (TPSA) is 74.7 Å². The molecule has 22 heavy (non-hydrogen) atoms. The predicted octanol–water partition coefficient (Wildman–Crippen LogP) is 2.65. The third-order valence-corrected chi connectivity index (χ3v) is 5.07. The van der Waals surface area contributed by atoms with E-state index >= 15 is 0 Å². The summed E-state index contributed by atoms with van der Waals surface area (Å²) < 4.78 is 0. The summed E-state index contributed by atoms with van der Waals surface area (Å²) in [6.07, 6.45) is 1.41. The van der Waals surface area contributed by atoms with Gasteiger partial charge < -0.3 is 10.0 Å². The minimum atomic E-state index is -0.787. The molecule has 1 fully saturated rings. The average molecular weight is 323 g/mol. The van der Waals surface area contributed by atoms with Crippen molar-refractivity contribution in [1.29, 1.82) is 0 Å². The number of carboxylic acids is 1. The summed E-state index contributed by atoms with van der Waals surface area (Å²) in [4.78, 5) is 39.0. The highest BCUT2D eigenvalue weighted by atomic mass is 32.1. The Bertz CT molecular complexity index is 585. The first-order chi connectivity index (χ1) is 10.4. The second-order valence-corrected chi connectivity index (χ2v) is 7.20. The number of thiophene rings is 1. The smallest absolute Gasteiger partial charge is 0.306 e. The third kappa shape index (κ3) is 3.94. The van der Waals surface area contributed by atoms with Crippen LogP contribution in [0.5, 0.6) is 0 Å². The summed E-state index contributed by atoms with van der Waals surface area (Å²) in [5.74, 6) is -1.18.